The summed E-state index contributed by atoms with van der Waals surface area (Å²) in [7, 11) is 0. The molecule has 0 N–H and O–H groups in total. The van der Waals surface area contributed by atoms with Crippen molar-refractivity contribution in [2.24, 2.45) is 0 Å². The second-order valence-electron chi connectivity index (χ2n) is 30.2. The maximum atomic E-state index is 6.91. The molecule has 0 bridgehead atoms. The third kappa shape index (κ3) is 11.5. The lowest BCUT2D eigenvalue weighted by Crippen LogP contribution is -2.11. The molecule has 0 saturated heterocycles. The van der Waals surface area contributed by atoms with Crippen LogP contribution in [0.5, 0.6) is 0 Å². The molecule has 542 valence electrons. The van der Waals surface area contributed by atoms with Gasteiger partial charge in [0.2, 0.25) is 0 Å². The number of nitrogens with zero attached hydrogens (tertiary/aromatic N) is 3. The molecule has 0 atom stereocenters. The standard InChI is InChI=1S/C110H69N3OS2/c1-3-21-87-73(17-1)19-15-28-89(87)75-41-56-83(57-42-75)111(101-30-10-5-23-91(101)80-48-63-109-99(66-80)96-26-8-13-33-107(96)115-109)82-52-39-72(40-53-82)79-46-61-95-98-65-77(47-62-105(98)114-106(95)69-79)78-45-60-92(81-49-64-110-100(67-81)97-27-9-14-34-108(97)116-110)104(68-78)112(85-58-43-76(44-59-85)90-29-16-20-74-18-2-4-22-88(74)90)84-50-35-70(36-51-84)71-37-54-86(55-38-71)113-102-31-11-6-24-93(102)94-25-7-12-32-103(94)113/h1-69H. The first-order valence-corrected chi connectivity index (χ1v) is 41.2. The molecule has 4 nitrogen and oxygen atoms in total. The molecule has 116 heavy (non-hydrogen) atoms. The number of hydrogen-bond acceptors (Lipinski definition) is 5. The molecule has 0 amide bonds. The van der Waals surface area contributed by atoms with Crippen LogP contribution in [0.2, 0.25) is 0 Å². The van der Waals surface area contributed by atoms with Crippen LogP contribution in [0.3, 0.4) is 0 Å². The Morgan fingerprint density at radius 1 is 0.198 bits per heavy atom. The van der Waals surface area contributed by atoms with E-state index in [4.69, 9.17) is 4.42 Å². The predicted octanol–water partition coefficient (Wildman–Crippen LogP) is 32.3. The van der Waals surface area contributed by atoms with Crippen molar-refractivity contribution in [3.63, 3.8) is 0 Å². The van der Waals surface area contributed by atoms with Crippen molar-refractivity contribution >= 4 is 162 Å². The van der Waals surface area contributed by atoms with Crippen molar-refractivity contribution in [3.8, 4) is 83.6 Å². The van der Waals surface area contributed by atoms with Crippen LogP contribution in [0.1, 0.15) is 0 Å². The lowest BCUT2D eigenvalue weighted by atomic mass is 9.94. The number of hydrogen-bond donors (Lipinski definition) is 0. The fourth-order valence-electron chi connectivity index (χ4n) is 18.0. The normalized spacial score (nSPS) is 11.8. The van der Waals surface area contributed by atoms with Gasteiger partial charge in [-0.1, -0.05) is 273 Å². The molecule has 6 heteroatoms. The molecule has 4 heterocycles. The Kier molecular flexibility index (Phi) is 16.0. The molecule has 0 aliphatic rings. The number of aromatic nitrogens is 1. The molecule has 0 unspecified atom stereocenters. The van der Waals surface area contributed by atoms with E-state index in [2.05, 4.69) is 433 Å². The van der Waals surface area contributed by atoms with E-state index in [0.717, 1.165) is 117 Å². The van der Waals surface area contributed by atoms with Crippen LogP contribution in [0.25, 0.3) is 189 Å². The zero-order valence-electron chi connectivity index (χ0n) is 62.9. The molecule has 19 aromatic carbocycles. The zero-order valence-corrected chi connectivity index (χ0v) is 64.5. The molecule has 0 aliphatic heterocycles. The molecule has 0 spiro atoms. The third-order valence-corrected chi connectivity index (χ3v) is 25.9. The van der Waals surface area contributed by atoms with Crippen LogP contribution in [0, 0.1) is 0 Å². The van der Waals surface area contributed by atoms with E-state index in [1.54, 1.807) is 0 Å². The minimum absolute atomic E-state index is 0.837. The fourth-order valence-corrected chi connectivity index (χ4v) is 20.1. The molecule has 23 aromatic rings. The summed E-state index contributed by atoms with van der Waals surface area (Å²) in [6.07, 6.45) is 0. The van der Waals surface area contributed by atoms with Crippen LogP contribution >= 0.6 is 22.7 Å². The van der Waals surface area contributed by atoms with Gasteiger partial charge in [-0.25, -0.2) is 0 Å². The summed E-state index contributed by atoms with van der Waals surface area (Å²) < 4.78 is 14.4. The Morgan fingerprint density at radius 3 is 1.13 bits per heavy atom. The molecule has 4 aromatic heterocycles. The van der Waals surface area contributed by atoms with Crippen molar-refractivity contribution in [3.05, 3.63) is 419 Å². The first-order valence-electron chi connectivity index (χ1n) is 39.6. The first-order chi connectivity index (χ1) is 57.5. The van der Waals surface area contributed by atoms with Crippen molar-refractivity contribution in [2.45, 2.75) is 0 Å². The maximum absolute atomic E-state index is 6.91. The Hall–Kier alpha value is -14.7. The molecular formula is C110H69N3OS2. The van der Waals surface area contributed by atoms with E-state index in [1.807, 2.05) is 22.7 Å². The van der Waals surface area contributed by atoms with Gasteiger partial charge in [-0.2, -0.15) is 0 Å². The van der Waals surface area contributed by atoms with Crippen molar-refractivity contribution in [1.29, 1.82) is 0 Å². The van der Waals surface area contributed by atoms with Crippen LogP contribution in [0.15, 0.2) is 423 Å². The molecule has 0 aliphatic carbocycles. The monoisotopic (exact) mass is 1510 g/mol. The van der Waals surface area contributed by atoms with Gasteiger partial charge in [-0.05, 0) is 234 Å². The molecule has 0 saturated carbocycles. The molecule has 0 fully saturated rings. The highest BCUT2D eigenvalue weighted by atomic mass is 32.1. The summed E-state index contributed by atoms with van der Waals surface area (Å²) in [5.41, 5.74) is 27.5. The summed E-state index contributed by atoms with van der Waals surface area (Å²) >= 11 is 3.70. The second kappa shape index (κ2) is 27.6. The van der Waals surface area contributed by atoms with E-state index in [0.29, 0.717) is 0 Å². The summed E-state index contributed by atoms with van der Waals surface area (Å²) in [5.74, 6) is 0. The Balaban J connectivity index is 0.620. The predicted molar refractivity (Wildman–Crippen MR) is 496 cm³/mol. The van der Waals surface area contributed by atoms with E-state index < -0.39 is 0 Å². The lowest BCUT2D eigenvalue weighted by Gasteiger charge is -2.29. The maximum Gasteiger partial charge on any atom is 0.136 e. The molecule has 23 rings (SSSR count). The Morgan fingerprint density at radius 2 is 0.569 bits per heavy atom. The van der Waals surface area contributed by atoms with Gasteiger partial charge in [-0.3, -0.25) is 0 Å². The van der Waals surface area contributed by atoms with Crippen LogP contribution < -0.4 is 9.80 Å². The van der Waals surface area contributed by atoms with E-state index >= 15 is 0 Å². The van der Waals surface area contributed by atoms with E-state index in [1.165, 1.54) is 106 Å². The van der Waals surface area contributed by atoms with Gasteiger partial charge in [-0.15, -0.1) is 22.7 Å². The average molecular weight is 1510 g/mol. The van der Waals surface area contributed by atoms with Crippen LogP contribution in [-0.2, 0) is 0 Å². The Labute approximate surface area is 678 Å². The quantitative estimate of drug-likeness (QED) is 0.108. The molecular weight excluding hydrogens is 1440 g/mol. The number of thiophene rings is 2. The summed E-state index contributed by atoms with van der Waals surface area (Å²) in [6, 6.07) is 154. The fraction of sp³-hybridized carbons (Fsp3) is 0. The van der Waals surface area contributed by atoms with Gasteiger partial charge in [0.1, 0.15) is 11.2 Å². The number of fused-ring (bicyclic) bond motifs is 14. The largest absolute Gasteiger partial charge is 0.456 e. The van der Waals surface area contributed by atoms with Gasteiger partial charge in [0, 0.05) is 101 Å². The third-order valence-electron chi connectivity index (χ3n) is 23.6. The number of para-hydroxylation sites is 3. The van der Waals surface area contributed by atoms with Crippen molar-refractivity contribution in [1.82, 2.24) is 4.57 Å². The minimum Gasteiger partial charge on any atom is -0.456 e. The molecule has 0 radical (unpaired) electrons. The highest BCUT2D eigenvalue weighted by Crippen LogP contribution is 2.50. The average Bonchev–Trinajstić information content (AvgIpc) is 1.43. The van der Waals surface area contributed by atoms with Gasteiger partial charge in [0.05, 0.1) is 22.4 Å². The second-order valence-corrected chi connectivity index (χ2v) is 32.4. The van der Waals surface area contributed by atoms with Crippen molar-refractivity contribution < 1.29 is 4.42 Å². The first kappa shape index (κ1) is 67.1. The topological polar surface area (TPSA) is 24.6 Å². The van der Waals surface area contributed by atoms with Crippen LogP contribution in [0.4, 0.5) is 34.1 Å². The number of rotatable bonds is 14. The summed E-state index contributed by atoms with van der Waals surface area (Å²) in [4.78, 5) is 4.88. The zero-order chi connectivity index (χ0) is 76.3. The summed E-state index contributed by atoms with van der Waals surface area (Å²) in [5, 5.41) is 14.6. The van der Waals surface area contributed by atoms with Gasteiger partial charge >= 0.3 is 0 Å². The minimum atomic E-state index is 0.837. The van der Waals surface area contributed by atoms with Gasteiger partial charge < -0.3 is 18.8 Å². The van der Waals surface area contributed by atoms with E-state index in [9.17, 15) is 0 Å². The van der Waals surface area contributed by atoms with Crippen molar-refractivity contribution in [2.75, 3.05) is 9.80 Å². The number of furan rings is 1. The summed E-state index contributed by atoms with van der Waals surface area (Å²) in [6.45, 7) is 0. The highest BCUT2D eigenvalue weighted by molar-refractivity contribution is 7.26. The van der Waals surface area contributed by atoms with Gasteiger partial charge in [0.15, 0.2) is 0 Å². The number of benzene rings is 19. The van der Waals surface area contributed by atoms with E-state index in [-0.39, 0.29) is 0 Å². The van der Waals surface area contributed by atoms with Gasteiger partial charge in [0.25, 0.3) is 0 Å². The lowest BCUT2D eigenvalue weighted by molar-refractivity contribution is 0.669. The highest BCUT2D eigenvalue weighted by Gasteiger charge is 2.24. The van der Waals surface area contributed by atoms with Crippen LogP contribution in [-0.4, -0.2) is 4.57 Å². The smallest absolute Gasteiger partial charge is 0.136 e. The Bertz CT molecular complexity index is 7760. The SMILES string of the molecule is c1ccc(N(c2ccc(-c3ccc4c(c3)oc3ccc(-c5ccc(-c6ccc7sc8ccccc8c7c6)c(N(c6ccc(-c7ccc(-n8c9ccccc9c9ccccc98)cc7)cc6)c6ccc(-c7cccc8ccccc78)cc6)c5)cc34)cc2)c2ccc(-c3cccc4ccccc34)cc2)c(-c2ccc3sc4ccccc4c3c2)c1. The number of anilines is 6.